The largest absolute Gasteiger partial charge is 0.384 e. The zero-order valence-electron chi connectivity index (χ0n) is 6.04. The third-order valence-electron chi connectivity index (χ3n) is 2.60. The number of carbonyl (C=O) groups excluding carboxylic acids is 1. The van der Waals surface area contributed by atoms with Gasteiger partial charge in [-0.05, 0) is 6.42 Å². The van der Waals surface area contributed by atoms with Crippen LogP contribution in [-0.2, 0) is 9.53 Å². The fraction of sp³-hybridized carbons (Fsp3) is 0.857. The molecule has 0 amide bonds. The van der Waals surface area contributed by atoms with Gasteiger partial charge in [0, 0.05) is 12.8 Å². The number of fused-ring (bicyclic) bond motifs is 1. The summed E-state index contributed by atoms with van der Waals surface area (Å²) in [5.74, 6) is -2.27. The number of aliphatic hydroxyl groups is 2. The summed E-state index contributed by atoms with van der Waals surface area (Å²) in [5, 5.41) is 19.2. The van der Waals surface area contributed by atoms with Gasteiger partial charge in [-0.15, -0.1) is 0 Å². The van der Waals surface area contributed by atoms with Crippen molar-refractivity contribution in [2.24, 2.45) is 0 Å². The summed E-state index contributed by atoms with van der Waals surface area (Å²) >= 11 is 0. The van der Waals surface area contributed by atoms with Gasteiger partial charge in [-0.1, -0.05) is 0 Å². The van der Waals surface area contributed by atoms with Crippen LogP contribution in [0, 0.1) is 0 Å². The second-order valence-electron chi connectivity index (χ2n) is 3.20. The molecule has 4 heteroatoms. The van der Waals surface area contributed by atoms with Crippen LogP contribution in [0.1, 0.15) is 19.3 Å². The van der Waals surface area contributed by atoms with Gasteiger partial charge < -0.3 is 14.9 Å². The van der Waals surface area contributed by atoms with E-state index in [1.165, 1.54) is 0 Å². The predicted molar refractivity (Wildman–Crippen MR) is 34.7 cm³/mol. The molecule has 11 heavy (non-hydrogen) atoms. The van der Waals surface area contributed by atoms with Gasteiger partial charge in [0.05, 0.1) is 6.61 Å². The minimum absolute atomic E-state index is 0.215. The fourth-order valence-corrected chi connectivity index (χ4v) is 1.80. The summed E-state index contributed by atoms with van der Waals surface area (Å²) in [5.41, 5.74) is -1.30. The van der Waals surface area contributed by atoms with Crippen molar-refractivity contribution in [2.45, 2.75) is 30.7 Å². The molecule has 2 fully saturated rings. The third-order valence-corrected chi connectivity index (χ3v) is 2.60. The molecular formula is C7H10O4. The molecule has 0 spiro atoms. The maximum atomic E-state index is 11.0. The standard InChI is InChI=1S/C7H10O4/c8-5-1-2-6(9)3-4-11-7(5,6)10/h9-10H,1-4H2/t6-,7+/m1/s1. The Kier molecular flexibility index (Phi) is 1.20. The minimum atomic E-state index is -1.88. The lowest BCUT2D eigenvalue weighted by Gasteiger charge is -2.26. The van der Waals surface area contributed by atoms with Crippen molar-refractivity contribution in [1.29, 1.82) is 0 Å². The van der Waals surface area contributed by atoms with Crippen molar-refractivity contribution in [3.05, 3.63) is 0 Å². The number of Topliss-reactive ketones (excluding diaryl/α,β-unsaturated/α-hetero) is 1. The van der Waals surface area contributed by atoms with E-state index >= 15 is 0 Å². The zero-order chi connectivity index (χ0) is 8.11. The van der Waals surface area contributed by atoms with Gasteiger partial charge in [0.15, 0.2) is 5.78 Å². The van der Waals surface area contributed by atoms with Gasteiger partial charge in [-0.2, -0.15) is 0 Å². The van der Waals surface area contributed by atoms with Crippen LogP contribution in [0.2, 0.25) is 0 Å². The zero-order valence-corrected chi connectivity index (χ0v) is 6.04. The van der Waals surface area contributed by atoms with Crippen LogP contribution < -0.4 is 0 Å². The fourth-order valence-electron chi connectivity index (χ4n) is 1.80. The summed E-state index contributed by atoms with van der Waals surface area (Å²) in [4.78, 5) is 11.0. The minimum Gasteiger partial charge on any atom is -0.384 e. The molecule has 0 radical (unpaired) electrons. The molecule has 4 nitrogen and oxygen atoms in total. The van der Waals surface area contributed by atoms with Crippen LogP contribution in [0.25, 0.3) is 0 Å². The Morgan fingerprint density at radius 2 is 2.09 bits per heavy atom. The number of rotatable bonds is 0. The molecule has 1 saturated heterocycles. The van der Waals surface area contributed by atoms with Crippen molar-refractivity contribution < 1.29 is 19.7 Å². The SMILES string of the molecule is O=C1CC[C@@]2(O)CCO[C@@]12O. The van der Waals surface area contributed by atoms with Crippen molar-refractivity contribution in [1.82, 2.24) is 0 Å². The summed E-state index contributed by atoms with van der Waals surface area (Å²) in [6, 6.07) is 0. The Balaban J connectivity index is 2.41. The topological polar surface area (TPSA) is 66.8 Å². The highest BCUT2D eigenvalue weighted by molar-refractivity contribution is 5.90. The second-order valence-corrected chi connectivity index (χ2v) is 3.20. The van der Waals surface area contributed by atoms with Crippen LogP contribution in [0.3, 0.4) is 0 Å². The maximum Gasteiger partial charge on any atom is 0.256 e. The lowest BCUT2D eigenvalue weighted by atomic mass is 9.96. The second kappa shape index (κ2) is 1.83. The lowest BCUT2D eigenvalue weighted by molar-refractivity contribution is -0.227. The molecule has 62 valence electrons. The van der Waals surface area contributed by atoms with E-state index in [1.54, 1.807) is 0 Å². The lowest BCUT2D eigenvalue weighted by Crippen LogP contribution is -2.50. The molecule has 0 aromatic rings. The Bertz CT molecular complexity index is 214. The van der Waals surface area contributed by atoms with Gasteiger partial charge in [-0.3, -0.25) is 4.79 Å². The Hall–Kier alpha value is -0.450. The van der Waals surface area contributed by atoms with Crippen LogP contribution >= 0.6 is 0 Å². The van der Waals surface area contributed by atoms with E-state index in [1.807, 2.05) is 0 Å². The van der Waals surface area contributed by atoms with Gasteiger partial charge in [-0.25, -0.2) is 0 Å². The molecule has 1 aliphatic heterocycles. The number of hydrogen-bond donors (Lipinski definition) is 2. The molecule has 1 aliphatic carbocycles. The Morgan fingerprint density at radius 1 is 1.36 bits per heavy atom. The van der Waals surface area contributed by atoms with Gasteiger partial charge in [0.2, 0.25) is 0 Å². The first-order chi connectivity index (χ1) is 5.08. The molecule has 2 N–H and O–H groups in total. The first-order valence-corrected chi connectivity index (χ1v) is 3.70. The average Bonchev–Trinajstić information content (AvgIpc) is 2.34. The molecule has 2 rings (SSSR count). The van der Waals surface area contributed by atoms with Gasteiger partial charge in [0.25, 0.3) is 5.79 Å². The quantitative estimate of drug-likeness (QED) is 0.484. The van der Waals surface area contributed by atoms with Crippen molar-refractivity contribution in [2.75, 3.05) is 6.61 Å². The summed E-state index contributed by atoms with van der Waals surface area (Å²) in [6.45, 7) is 0.263. The number of ether oxygens (including phenoxy) is 1. The Labute approximate surface area is 63.8 Å². The van der Waals surface area contributed by atoms with Crippen molar-refractivity contribution in [3.8, 4) is 0 Å². The molecule has 0 aromatic heterocycles. The first kappa shape index (κ1) is 7.21. The number of hydrogen-bond acceptors (Lipinski definition) is 4. The normalized spacial score (nSPS) is 49.8. The van der Waals surface area contributed by atoms with Crippen LogP contribution in [0.15, 0.2) is 0 Å². The van der Waals surface area contributed by atoms with E-state index in [9.17, 15) is 15.0 Å². The Morgan fingerprint density at radius 3 is 2.73 bits per heavy atom. The van der Waals surface area contributed by atoms with E-state index < -0.39 is 17.2 Å². The van der Waals surface area contributed by atoms with Crippen molar-refractivity contribution >= 4 is 5.78 Å². The molecule has 0 aromatic carbocycles. The van der Waals surface area contributed by atoms with E-state index in [0.29, 0.717) is 12.8 Å². The monoisotopic (exact) mass is 158 g/mol. The summed E-state index contributed by atoms with van der Waals surface area (Å²) in [6.07, 6.45) is 0.893. The highest BCUT2D eigenvalue weighted by atomic mass is 16.7. The summed E-state index contributed by atoms with van der Waals surface area (Å²) < 4.78 is 4.84. The molecule has 2 aliphatic rings. The highest BCUT2D eigenvalue weighted by Gasteiger charge is 2.63. The van der Waals surface area contributed by atoms with E-state index in [4.69, 9.17) is 4.74 Å². The first-order valence-electron chi connectivity index (χ1n) is 3.70. The van der Waals surface area contributed by atoms with E-state index in [0.717, 1.165) is 0 Å². The molecule has 1 saturated carbocycles. The van der Waals surface area contributed by atoms with Crippen LogP contribution in [-0.4, -0.2) is 34.0 Å². The highest BCUT2D eigenvalue weighted by Crippen LogP contribution is 2.44. The van der Waals surface area contributed by atoms with Crippen molar-refractivity contribution in [3.63, 3.8) is 0 Å². The molecule has 2 atom stereocenters. The predicted octanol–water partition coefficient (Wildman–Crippen LogP) is -0.811. The van der Waals surface area contributed by atoms with Crippen LogP contribution in [0.5, 0.6) is 0 Å². The average molecular weight is 158 g/mol. The molecule has 0 bridgehead atoms. The van der Waals surface area contributed by atoms with E-state index in [2.05, 4.69) is 0 Å². The van der Waals surface area contributed by atoms with Gasteiger partial charge >= 0.3 is 0 Å². The molecule has 1 heterocycles. The smallest absolute Gasteiger partial charge is 0.256 e. The maximum absolute atomic E-state index is 11.0. The van der Waals surface area contributed by atoms with Crippen LogP contribution in [0.4, 0.5) is 0 Å². The number of carbonyl (C=O) groups is 1. The summed E-state index contributed by atoms with van der Waals surface area (Å²) in [7, 11) is 0. The third kappa shape index (κ3) is 0.668. The molecule has 0 unspecified atom stereocenters. The van der Waals surface area contributed by atoms with Gasteiger partial charge in [0.1, 0.15) is 5.60 Å². The van der Waals surface area contributed by atoms with E-state index in [-0.39, 0.29) is 13.0 Å². The molecular weight excluding hydrogens is 148 g/mol. The number of ketones is 1.